The summed E-state index contributed by atoms with van der Waals surface area (Å²) in [6.07, 6.45) is 5.55. The minimum absolute atomic E-state index is 0.0911. The maximum Gasteiger partial charge on any atom is 0.305 e. The topological polar surface area (TPSA) is 89.9 Å². The van der Waals surface area contributed by atoms with E-state index in [1.165, 1.54) is 6.42 Å². The largest absolute Gasteiger partial charge is 0.481 e. The van der Waals surface area contributed by atoms with E-state index in [0.29, 0.717) is 6.42 Å². The predicted octanol–water partition coefficient (Wildman–Crippen LogP) is 2.10. The fourth-order valence-electron chi connectivity index (χ4n) is 1.33. The van der Waals surface area contributed by atoms with Gasteiger partial charge in [-0.15, -0.1) is 4.33 Å². The van der Waals surface area contributed by atoms with Crippen LogP contribution < -0.4 is 0 Å². The molecule has 0 fully saturated rings. The molecule has 7 heteroatoms. The lowest BCUT2D eigenvalue weighted by Gasteiger charge is -2.04. The number of hydrogen-bond acceptors (Lipinski definition) is 5. The summed E-state index contributed by atoms with van der Waals surface area (Å²) in [5.74, 6) is -1.15. The van der Waals surface area contributed by atoms with Crippen molar-refractivity contribution in [3.63, 3.8) is 0 Å². The zero-order chi connectivity index (χ0) is 13.9. The maximum atomic E-state index is 11.3. The van der Waals surface area contributed by atoms with Crippen molar-refractivity contribution in [2.45, 2.75) is 51.9 Å². The van der Waals surface area contributed by atoms with Crippen LogP contribution in [0.1, 0.15) is 51.9 Å². The fraction of sp³-hybridized carbons (Fsp3) is 0.909. The molecule has 0 bridgehead atoms. The minimum atomic E-state index is -3.69. The molecule has 0 saturated carbocycles. The minimum Gasteiger partial charge on any atom is -0.481 e. The first-order chi connectivity index (χ1) is 8.48. The third kappa shape index (κ3) is 11.8. The Morgan fingerprint density at radius 3 is 2.33 bits per heavy atom. The Labute approximate surface area is 108 Å². The van der Waals surface area contributed by atoms with E-state index in [4.69, 9.17) is 5.11 Å². The summed E-state index contributed by atoms with van der Waals surface area (Å²) in [5, 5.41) is 8.30. The van der Waals surface area contributed by atoms with Gasteiger partial charge in [0.15, 0.2) is 0 Å². The van der Waals surface area contributed by atoms with Crippen molar-refractivity contribution in [2.75, 3.05) is 12.4 Å². The van der Waals surface area contributed by atoms with Crippen LogP contribution >= 0.6 is 0 Å². The van der Waals surface area contributed by atoms with Crippen molar-refractivity contribution in [1.29, 1.82) is 0 Å². The molecule has 108 valence electrons. The lowest BCUT2D eigenvalue weighted by Crippen LogP contribution is -2.13. The van der Waals surface area contributed by atoms with Crippen LogP contribution in [-0.4, -0.2) is 31.9 Å². The van der Waals surface area contributed by atoms with Crippen LogP contribution in [0.3, 0.4) is 0 Å². The highest BCUT2D eigenvalue weighted by Crippen LogP contribution is 2.07. The normalized spacial score (nSPS) is 11.6. The second-order valence-electron chi connectivity index (χ2n) is 4.06. The van der Waals surface area contributed by atoms with E-state index in [-0.39, 0.29) is 18.8 Å². The Kier molecular flexibility index (Phi) is 9.90. The van der Waals surface area contributed by atoms with Gasteiger partial charge < -0.3 is 5.11 Å². The first-order valence-corrected chi connectivity index (χ1v) is 7.81. The second-order valence-corrected chi connectivity index (χ2v) is 5.72. The molecule has 0 atom stereocenters. The molecular formula is C11H22O6S. The van der Waals surface area contributed by atoms with E-state index < -0.39 is 16.1 Å². The second kappa shape index (κ2) is 10.3. The predicted molar refractivity (Wildman–Crippen MR) is 66.5 cm³/mol. The summed E-state index contributed by atoms with van der Waals surface area (Å²) in [6, 6.07) is 0. The van der Waals surface area contributed by atoms with Gasteiger partial charge in [0.05, 0.1) is 18.8 Å². The van der Waals surface area contributed by atoms with E-state index in [1.807, 2.05) is 0 Å². The van der Waals surface area contributed by atoms with E-state index in [0.717, 1.165) is 25.7 Å². The Bertz CT molecular complexity index is 311. The van der Waals surface area contributed by atoms with Crippen molar-refractivity contribution in [1.82, 2.24) is 0 Å². The van der Waals surface area contributed by atoms with Gasteiger partial charge in [0.1, 0.15) is 0 Å². The lowest BCUT2D eigenvalue weighted by molar-refractivity contribution is -0.204. The molecule has 18 heavy (non-hydrogen) atoms. The highest BCUT2D eigenvalue weighted by molar-refractivity contribution is 7.86. The van der Waals surface area contributed by atoms with E-state index in [1.54, 1.807) is 0 Å². The molecule has 0 radical (unpaired) electrons. The van der Waals surface area contributed by atoms with Crippen LogP contribution in [-0.2, 0) is 24.1 Å². The SMILES string of the molecule is CCCCCCCCS(=O)(=O)OOCCC(=O)O. The first-order valence-electron chi connectivity index (χ1n) is 6.23. The third-order valence-corrected chi connectivity index (χ3v) is 3.39. The van der Waals surface area contributed by atoms with Crippen molar-refractivity contribution < 1.29 is 27.5 Å². The average molecular weight is 282 g/mol. The lowest BCUT2D eigenvalue weighted by atomic mass is 10.1. The molecule has 0 aromatic rings. The number of unbranched alkanes of at least 4 members (excludes halogenated alkanes) is 5. The van der Waals surface area contributed by atoms with E-state index in [2.05, 4.69) is 16.1 Å². The summed E-state index contributed by atoms with van der Waals surface area (Å²) in [7, 11) is -3.69. The molecule has 0 rings (SSSR count). The molecule has 0 aromatic heterocycles. The molecule has 0 spiro atoms. The molecule has 0 aromatic carbocycles. The Morgan fingerprint density at radius 2 is 1.72 bits per heavy atom. The van der Waals surface area contributed by atoms with Crippen LogP contribution in [0.15, 0.2) is 0 Å². The molecule has 6 nitrogen and oxygen atoms in total. The number of hydrogen-bond donors (Lipinski definition) is 1. The molecular weight excluding hydrogens is 260 g/mol. The molecule has 0 amide bonds. The quantitative estimate of drug-likeness (QED) is 0.335. The van der Waals surface area contributed by atoms with Gasteiger partial charge in [-0.3, -0.25) is 4.79 Å². The number of carboxylic acids is 1. The number of carbonyl (C=O) groups is 1. The van der Waals surface area contributed by atoms with Gasteiger partial charge in [0.2, 0.25) is 0 Å². The summed E-state index contributed by atoms with van der Waals surface area (Å²) in [6.45, 7) is 1.85. The zero-order valence-electron chi connectivity index (χ0n) is 10.8. The zero-order valence-corrected chi connectivity index (χ0v) is 11.6. The number of rotatable bonds is 12. The van der Waals surface area contributed by atoms with Crippen LogP contribution in [0.2, 0.25) is 0 Å². The van der Waals surface area contributed by atoms with E-state index >= 15 is 0 Å². The molecule has 0 aliphatic rings. The highest BCUT2D eigenvalue weighted by Gasteiger charge is 2.12. The average Bonchev–Trinajstić information content (AvgIpc) is 2.29. The fourth-order valence-corrected chi connectivity index (χ4v) is 2.17. The highest BCUT2D eigenvalue weighted by atomic mass is 32.2. The van der Waals surface area contributed by atoms with E-state index in [9.17, 15) is 13.2 Å². The van der Waals surface area contributed by atoms with Crippen LogP contribution in [0.25, 0.3) is 0 Å². The Balaban J connectivity index is 3.52. The summed E-state index contributed by atoms with van der Waals surface area (Å²) < 4.78 is 26.8. The summed E-state index contributed by atoms with van der Waals surface area (Å²) in [5.41, 5.74) is 0. The molecule has 1 N–H and O–H groups in total. The van der Waals surface area contributed by atoms with Crippen molar-refractivity contribution in [3.05, 3.63) is 0 Å². The monoisotopic (exact) mass is 282 g/mol. The Morgan fingerprint density at radius 1 is 1.11 bits per heavy atom. The maximum absolute atomic E-state index is 11.3. The standard InChI is InChI=1S/C11H22O6S/c1-2-3-4-5-6-7-10-18(14,15)17-16-9-8-11(12)13/h2-10H2,1H3,(H,12,13). The summed E-state index contributed by atoms with van der Waals surface area (Å²) >= 11 is 0. The van der Waals surface area contributed by atoms with Gasteiger partial charge in [0.25, 0.3) is 10.1 Å². The van der Waals surface area contributed by atoms with Gasteiger partial charge in [-0.05, 0) is 6.42 Å². The molecule has 0 saturated heterocycles. The van der Waals surface area contributed by atoms with Gasteiger partial charge >= 0.3 is 5.97 Å². The summed E-state index contributed by atoms with van der Waals surface area (Å²) in [4.78, 5) is 14.5. The van der Waals surface area contributed by atoms with Gasteiger partial charge in [-0.2, -0.15) is 8.42 Å². The van der Waals surface area contributed by atoms with Crippen molar-refractivity contribution >= 4 is 16.1 Å². The smallest absolute Gasteiger partial charge is 0.305 e. The van der Waals surface area contributed by atoms with Crippen LogP contribution in [0, 0.1) is 0 Å². The first kappa shape index (κ1) is 17.3. The number of aliphatic carboxylic acids is 1. The molecule has 0 heterocycles. The van der Waals surface area contributed by atoms with Gasteiger partial charge in [0, 0.05) is 0 Å². The van der Waals surface area contributed by atoms with Gasteiger partial charge in [-0.1, -0.05) is 39.0 Å². The number of carboxylic acid groups (broad SMARTS) is 1. The van der Waals surface area contributed by atoms with Crippen LogP contribution in [0.4, 0.5) is 0 Å². The van der Waals surface area contributed by atoms with Gasteiger partial charge in [-0.25, -0.2) is 4.89 Å². The molecule has 0 unspecified atom stereocenters. The van der Waals surface area contributed by atoms with Crippen molar-refractivity contribution in [3.8, 4) is 0 Å². The Hall–Kier alpha value is -0.660. The molecule has 0 aliphatic heterocycles. The third-order valence-electron chi connectivity index (χ3n) is 2.30. The van der Waals surface area contributed by atoms with Crippen molar-refractivity contribution in [2.24, 2.45) is 0 Å². The molecule has 0 aliphatic carbocycles. The van der Waals surface area contributed by atoms with Crippen LogP contribution in [0.5, 0.6) is 0 Å².